The summed E-state index contributed by atoms with van der Waals surface area (Å²) >= 11 is 0. The highest BCUT2D eigenvalue weighted by Gasteiger charge is 2.26. The van der Waals surface area contributed by atoms with E-state index in [1.807, 2.05) is 38.1 Å². The summed E-state index contributed by atoms with van der Waals surface area (Å²) in [6.07, 6.45) is -0.932. The second kappa shape index (κ2) is 3.61. The SMILES string of the molecule is [2H]C([2H])([2H])C1OC(C)=C(C)N1c1ccccc1C. The number of rotatable bonds is 1. The summed E-state index contributed by atoms with van der Waals surface area (Å²) in [5.74, 6) is 0.666. The van der Waals surface area contributed by atoms with Crippen molar-refractivity contribution in [3.8, 4) is 0 Å². The predicted molar refractivity (Wildman–Crippen MR) is 62.6 cm³/mol. The molecule has 0 saturated heterocycles. The molecule has 2 heteroatoms. The minimum atomic E-state index is -2.18. The van der Waals surface area contributed by atoms with Gasteiger partial charge in [0.1, 0.15) is 5.76 Å². The van der Waals surface area contributed by atoms with E-state index >= 15 is 0 Å². The van der Waals surface area contributed by atoms with Crippen LogP contribution in [0.1, 0.15) is 30.4 Å². The maximum absolute atomic E-state index is 7.60. The molecule has 0 spiro atoms. The first-order valence-electron chi connectivity index (χ1n) is 6.51. The molecule has 0 aliphatic carbocycles. The number of allylic oxidation sites excluding steroid dienone is 2. The molecule has 0 fully saturated rings. The first-order valence-corrected chi connectivity index (χ1v) is 5.01. The van der Waals surface area contributed by atoms with Crippen molar-refractivity contribution in [2.75, 3.05) is 4.90 Å². The Labute approximate surface area is 95.4 Å². The van der Waals surface area contributed by atoms with Gasteiger partial charge in [-0.15, -0.1) is 0 Å². The number of hydrogen-bond donors (Lipinski definition) is 0. The maximum atomic E-state index is 7.60. The minimum absolute atomic E-state index is 0.666. The number of para-hydroxylation sites is 1. The van der Waals surface area contributed by atoms with Gasteiger partial charge in [0.05, 0.1) is 5.70 Å². The van der Waals surface area contributed by atoms with Gasteiger partial charge in [0, 0.05) is 9.80 Å². The summed E-state index contributed by atoms with van der Waals surface area (Å²) < 4.78 is 28.3. The van der Waals surface area contributed by atoms with E-state index in [4.69, 9.17) is 8.85 Å². The van der Waals surface area contributed by atoms with Crippen molar-refractivity contribution in [1.29, 1.82) is 0 Å². The number of benzene rings is 1. The van der Waals surface area contributed by atoms with Gasteiger partial charge in [0.25, 0.3) is 0 Å². The van der Waals surface area contributed by atoms with Crippen LogP contribution in [0.5, 0.6) is 0 Å². The number of ether oxygens (including phenoxy) is 1. The number of hydrogen-bond acceptors (Lipinski definition) is 2. The van der Waals surface area contributed by atoms with Crippen LogP contribution in [0.3, 0.4) is 0 Å². The lowest BCUT2D eigenvalue weighted by Crippen LogP contribution is -2.27. The van der Waals surface area contributed by atoms with E-state index in [0.717, 1.165) is 16.9 Å². The molecule has 1 atom stereocenters. The zero-order valence-corrected chi connectivity index (χ0v) is 9.24. The molecule has 0 amide bonds. The summed E-state index contributed by atoms with van der Waals surface area (Å²) in [7, 11) is 0. The van der Waals surface area contributed by atoms with Gasteiger partial charge in [0.2, 0.25) is 0 Å². The normalized spacial score (nSPS) is 24.6. The van der Waals surface area contributed by atoms with Crippen LogP contribution in [-0.2, 0) is 4.74 Å². The first-order chi connectivity index (χ1) is 8.32. The van der Waals surface area contributed by atoms with Gasteiger partial charge in [0.15, 0.2) is 6.23 Å². The fourth-order valence-corrected chi connectivity index (χ4v) is 1.79. The molecule has 2 nitrogen and oxygen atoms in total. The molecule has 80 valence electrons. The molecule has 0 aromatic heterocycles. The van der Waals surface area contributed by atoms with Gasteiger partial charge in [-0.05, 0) is 39.3 Å². The van der Waals surface area contributed by atoms with Crippen LogP contribution in [0.25, 0.3) is 0 Å². The Hall–Kier alpha value is -1.44. The van der Waals surface area contributed by atoms with Crippen LogP contribution in [0.2, 0.25) is 0 Å². The van der Waals surface area contributed by atoms with Crippen LogP contribution in [0, 0.1) is 6.92 Å². The van der Waals surface area contributed by atoms with E-state index in [2.05, 4.69) is 0 Å². The molecule has 1 aromatic carbocycles. The molecular weight excluding hydrogens is 186 g/mol. The van der Waals surface area contributed by atoms with Gasteiger partial charge >= 0.3 is 0 Å². The van der Waals surface area contributed by atoms with Crippen molar-refractivity contribution in [3.63, 3.8) is 0 Å². The average molecular weight is 206 g/mol. The number of anilines is 1. The third-order valence-corrected chi connectivity index (χ3v) is 2.77. The molecule has 1 aromatic rings. The topological polar surface area (TPSA) is 12.5 Å². The Morgan fingerprint density at radius 1 is 1.27 bits per heavy atom. The average Bonchev–Trinajstić information content (AvgIpc) is 2.57. The molecule has 0 radical (unpaired) electrons. The van der Waals surface area contributed by atoms with Gasteiger partial charge in [-0.1, -0.05) is 18.2 Å². The Morgan fingerprint density at radius 3 is 2.67 bits per heavy atom. The summed E-state index contributed by atoms with van der Waals surface area (Å²) in [6.45, 7) is 3.47. The zero-order valence-electron chi connectivity index (χ0n) is 12.2. The van der Waals surface area contributed by atoms with Crippen LogP contribution >= 0.6 is 0 Å². The molecule has 1 aliphatic rings. The Morgan fingerprint density at radius 2 is 2.00 bits per heavy atom. The lowest BCUT2D eigenvalue weighted by Gasteiger charge is -2.25. The van der Waals surface area contributed by atoms with Gasteiger partial charge in [-0.3, -0.25) is 0 Å². The zero-order chi connectivity index (χ0) is 13.5. The molecular formula is C13H17NO. The van der Waals surface area contributed by atoms with Gasteiger partial charge in [-0.2, -0.15) is 0 Å². The monoisotopic (exact) mass is 206 g/mol. The highest BCUT2D eigenvalue weighted by Crippen LogP contribution is 2.32. The Balaban J connectivity index is 2.48. The predicted octanol–water partition coefficient (Wildman–Crippen LogP) is 3.43. The van der Waals surface area contributed by atoms with E-state index in [-0.39, 0.29) is 0 Å². The lowest BCUT2D eigenvalue weighted by molar-refractivity contribution is 0.162. The standard InChI is InChI=1S/C13H17NO/c1-9-7-5-6-8-13(9)14-10(2)11(3)15-12(14)4/h5-8,12H,1-4H3/i4D3. The summed E-state index contributed by atoms with van der Waals surface area (Å²) in [4.78, 5) is 1.76. The molecule has 0 N–H and O–H groups in total. The van der Waals surface area contributed by atoms with E-state index < -0.39 is 13.1 Å². The van der Waals surface area contributed by atoms with E-state index in [1.54, 1.807) is 11.8 Å². The van der Waals surface area contributed by atoms with Crippen molar-refractivity contribution in [2.24, 2.45) is 0 Å². The van der Waals surface area contributed by atoms with Crippen molar-refractivity contribution in [1.82, 2.24) is 0 Å². The maximum Gasteiger partial charge on any atom is 0.173 e. The highest BCUT2D eigenvalue weighted by atomic mass is 16.5. The molecule has 2 rings (SSSR count). The Bertz CT molecular complexity index is 493. The largest absolute Gasteiger partial charge is 0.473 e. The van der Waals surface area contributed by atoms with Crippen LogP contribution in [-0.4, -0.2) is 6.23 Å². The van der Waals surface area contributed by atoms with E-state index in [1.165, 1.54) is 0 Å². The first kappa shape index (κ1) is 6.94. The lowest BCUT2D eigenvalue weighted by atomic mass is 10.1. The smallest absolute Gasteiger partial charge is 0.173 e. The van der Waals surface area contributed by atoms with E-state index in [0.29, 0.717) is 5.76 Å². The molecule has 0 saturated carbocycles. The fraction of sp³-hybridized carbons (Fsp3) is 0.385. The molecule has 1 aliphatic heterocycles. The van der Waals surface area contributed by atoms with Crippen molar-refractivity contribution in [2.45, 2.75) is 33.9 Å². The highest BCUT2D eigenvalue weighted by molar-refractivity contribution is 5.59. The van der Waals surface area contributed by atoms with Crippen molar-refractivity contribution >= 4 is 5.69 Å². The van der Waals surface area contributed by atoms with Crippen molar-refractivity contribution < 1.29 is 8.85 Å². The number of aryl methyl sites for hydroxylation is 1. The van der Waals surface area contributed by atoms with Gasteiger partial charge in [-0.25, -0.2) is 0 Å². The summed E-state index contributed by atoms with van der Waals surface area (Å²) in [6, 6.07) is 7.72. The minimum Gasteiger partial charge on any atom is -0.473 e. The van der Waals surface area contributed by atoms with Crippen LogP contribution < -0.4 is 4.90 Å². The van der Waals surface area contributed by atoms with E-state index in [9.17, 15) is 0 Å². The Kier molecular flexibility index (Phi) is 1.67. The summed E-state index contributed by atoms with van der Waals surface area (Å²) in [5.41, 5.74) is 2.77. The quantitative estimate of drug-likeness (QED) is 0.698. The van der Waals surface area contributed by atoms with Crippen LogP contribution in [0.4, 0.5) is 5.69 Å². The second-order valence-electron chi connectivity index (χ2n) is 3.77. The third-order valence-electron chi connectivity index (χ3n) is 2.77. The molecule has 1 unspecified atom stereocenters. The van der Waals surface area contributed by atoms with Crippen LogP contribution in [0.15, 0.2) is 35.7 Å². The molecule has 0 bridgehead atoms. The fourth-order valence-electron chi connectivity index (χ4n) is 1.79. The molecule has 15 heavy (non-hydrogen) atoms. The molecule has 1 heterocycles. The van der Waals surface area contributed by atoms with Gasteiger partial charge < -0.3 is 9.64 Å². The third kappa shape index (κ3) is 1.60. The van der Waals surface area contributed by atoms with Crippen molar-refractivity contribution in [3.05, 3.63) is 41.3 Å². The summed E-state index contributed by atoms with van der Waals surface area (Å²) in [5, 5.41) is 0. The second-order valence-corrected chi connectivity index (χ2v) is 3.77. The number of nitrogens with zero attached hydrogens (tertiary/aromatic N) is 1.